The molecule has 2 atom stereocenters. The van der Waals surface area contributed by atoms with Gasteiger partial charge in [0.15, 0.2) is 0 Å². The van der Waals surface area contributed by atoms with Crippen LogP contribution in [0, 0.1) is 11.7 Å². The Morgan fingerprint density at radius 3 is 2.24 bits per heavy atom. The third-order valence-corrected chi connectivity index (χ3v) is 7.46. The lowest BCUT2D eigenvalue weighted by Gasteiger charge is -2.11. The summed E-state index contributed by atoms with van der Waals surface area (Å²) in [6.45, 7) is 0. The zero-order valence-corrected chi connectivity index (χ0v) is 21.3. The van der Waals surface area contributed by atoms with Gasteiger partial charge >= 0.3 is 0 Å². The molecule has 0 bridgehead atoms. The number of anilines is 1. The molecular weight excluding hydrogens is 547 g/mol. The number of halogens is 6. The van der Waals surface area contributed by atoms with E-state index in [0.29, 0.717) is 43.2 Å². The zero-order chi connectivity index (χ0) is 23.9. The maximum Gasteiger partial charge on any atom is 0.231 e. The molecule has 3 aromatic rings. The lowest BCUT2D eigenvalue weighted by Crippen LogP contribution is -2.17. The van der Waals surface area contributed by atoms with Crippen LogP contribution in [0.5, 0.6) is 0 Å². The second-order valence-electron chi connectivity index (χ2n) is 7.74. The van der Waals surface area contributed by atoms with Crippen molar-refractivity contribution in [3.63, 3.8) is 0 Å². The fraction of sp³-hybridized carbons (Fsp3) is 0.167. The number of alkyl halides is 2. The molecule has 1 saturated carbocycles. The van der Waals surface area contributed by atoms with Gasteiger partial charge in [-0.15, -0.1) is 23.2 Å². The fourth-order valence-corrected chi connectivity index (χ4v) is 5.74. The van der Waals surface area contributed by atoms with Gasteiger partial charge in [0, 0.05) is 43.5 Å². The monoisotopic (exact) mass is 559 g/mol. The van der Waals surface area contributed by atoms with Crippen LogP contribution >= 0.6 is 70.2 Å². The first kappa shape index (κ1) is 24.7. The second-order valence-corrected chi connectivity index (χ2v) is 11.0. The molecule has 33 heavy (non-hydrogen) atoms. The first-order valence-electron chi connectivity index (χ1n) is 9.78. The van der Waals surface area contributed by atoms with Gasteiger partial charge in [-0.1, -0.05) is 59.2 Å². The number of hydrogen-bond acceptors (Lipinski definition) is 2. The zero-order valence-electron chi connectivity index (χ0n) is 16.7. The number of hydrogen-bond donors (Lipinski definition) is 1. The van der Waals surface area contributed by atoms with Gasteiger partial charge in [0.05, 0.1) is 5.92 Å². The van der Waals surface area contributed by atoms with Crippen LogP contribution in [0.1, 0.15) is 22.6 Å². The summed E-state index contributed by atoms with van der Waals surface area (Å²) in [5.41, 5.74) is 2.64. The minimum absolute atomic E-state index is 0.319. The van der Waals surface area contributed by atoms with Crippen LogP contribution in [0.25, 0.3) is 0 Å². The van der Waals surface area contributed by atoms with E-state index in [4.69, 9.17) is 70.2 Å². The SMILES string of the molecule is O=C(Nc1ccc(Cl)c(C(=S)Cc2ccc(F)cc2)c1)C1C(c2cc(Cl)cc(Cl)c2)C1(Cl)Cl. The van der Waals surface area contributed by atoms with Gasteiger partial charge in [-0.3, -0.25) is 4.79 Å². The van der Waals surface area contributed by atoms with Crippen LogP contribution < -0.4 is 5.32 Å². The maximum absolute atomic E-state index is 13.2. The minimum Gasteiger partial charge on any atom is -0.326 e. The van der Waals surface area contributed by atoms with Gasteiger partial charge in [0.25, 0.3) is 0 Å². The molecule has 0 saturated heterocycles. The van der Waals surface area contributed by atoms with E-state index in [9.17, 15) is 9.18 Å². The molecule has 1 aliphatic carbocycles. The molecule has 1 fully saturated rings. The quantitative estimate of drug-likeness (QED) is 0.186. The lowest BCUT2D eigenvalue weighted by molar-refractivity contribution is -0.117. The summed E-state index contributed by atoms with van der Waals surface area (Å²) in [5.74, 6) is -1.82. The van der Waals surface area contributed by atoms with Gasteiger partial charge in [-0.25, -0.2) is 4.39 Å². The summed E-state index contributed by atoms with van der Waals surface area (Å²) in [7, 11) is 0. The van der Waals surface area contributed by atoms with E-state index in [-0.39, 0.29) is 11.7 Å². The van der Waals surface area contributed by atoms with Gasteiger partial charge in [-0.2, -0.15) is 0 Å². The highest BCUT2D eigenvalue weighted by Gasteiger charge is 2.67. The van der Waals surface area contributed by atoms with E-state index in [1.54, 1.807) is 48.5 Å². The normalized spacial score (nSPS) is 18.6. The molecule has 1 N–H and O–H groups in total. The van der Waals surface area contributed by atoms with Crippen molar-refractivity contribution < 1.29 is 9.18 Å². The molecule has 170 valence electrons. The predicted octanol–water partition coefficient (Wildman–Crippen LogP) is 8.27. The highest BCUT2D eigenvalue weighted by molar-refractivity contribution is 7.80. The Bertz CT molecular complexity index is 1230. The smallest absolute Gasteiger partial charge is 0.231 e. The van der Waals surface area contributed by atoms with Gasteiger partial charge in [0.1, 0.15) is 10.2 Å². The average Bonchev–Trinajstić information content (AvgIpc) is 3.32. The second kappa shape index (κ2) is 9.69. The summed E-state index contributed by atoms with van der Waals surface area (Å²) < 4.78 is 11.9. The molecule has 0 heterocycles. The molecule has 0 aliphatic heterocycles. The number of benzene rings is 3. The summed E-state index contributed by atoms with van der Waals surface area (Å²) in [6.07, 6.45) is 0.402. The Hall–Kier alpha value is -1.40. The van der Waals surface area contributed by atoms with Gasteiger partial charge < -0.3 is 5.32 Å². The number of nitrogens with one attached hydrogen (secondary N) is 1. The van der Waals surface area contributed by atoms with Crippen molar-refractivity contribution in [1.29, 1.82) is 0 Å². The third-order valence-electron chi connectivity index (χ3n) is 5.39. The van der Waals surface area contributed by atoms with Crippen molar-refractivity contribution in [1.82, 2.24) is 0 Å². The number of carbonyl (C=O) groups is 1. The number of rotatable bonds is 6. The van der Waals surface area contributed by atoms with Crippen LogP contribution in [0.4, 0.5) is 10.1 Å². The van der Waals surface area contributed by atoms with Crippen LogP contribution in [-0.2, 0) is 11.2 Å². The summed E-state index contributed by atoms with van der Waals surface area (Å²) in [5, 5.41) is 4.16. The average molecular weight is 562 g/mol. The van der Waals surface area contributed by atoms with E-state index >= 15 is 0 Å². The molecule has 3 aromatic carbocycles. The van der Waals surface area contributed by atoms with E-state index < -0.39 is 16.2 Å². The van der Waals surface area contributed by atoms with Crippen LogP contribution in [0.2, 0.25) is 15.1 Å². The molecular formula is C24H15Cl5FNOS. The maximum atomic E-state index is 13.2. The fourth-order valence-electron chi connectivity index (χ4n) is 3.74. The first-order chi connectivity index (χ1) is 15.6. The molecule has 2 unspecified atom stereocenters. The van der Waals surface area contributed by atoms with E-state index in [0.717, 1.165) is 5.56 Å². The molecule has 1 amide bonds. The molecule has 0 radical (unpaired) electrons. The molecule has 4 rings (SSSR count). The largest absolute Gasteiger partial charge is 0.326 e. The van der Waals surface area contributed by atoms with Crippen molar-refractivity contribution >= 4 is 86.7 Å². The Kier molecular flexibility index (Phi) is 7.26. The van der Waals surface area contributed by atoms with E-state index in [1.165, 1.54) is 12.1 Å². The van der Waals surface area contributed by atoms with Gasteiger partial charge in [-0.05, 0) is 59.7 Å². The van der Waals surface area contributed by atoms with E-state index in [2.05, 4.69) is 5.32 Å². The predicted molar refractivity (Wildman–Crippen MR) is 139 cm³/mol. The number of amides is 1. The molecule has 2 nitrogen and oxygen atoms in total. The molecule has 9 heteroatoms. The Morgan fingerprint density at radius 2 is 1.61 bits per heavy atom. The van der Waals surface area contributed by atoms with Crippen LogP contribution in [-0.4, -0.2) is 15.1 Å². The highest BCUT2D eigenvalue weighted by atomic mass is 35.5. The summed E-state index contributed by atoms with van der Waals surface area (Å²) in [6, 6.07) is 16.1. The Labute approximate surface area is 220 Å². The Morgan fingerprint density at radius 1 is 0.970 bits per heavy atom. The Balaban J connectivity index is 1.50. The summed E-state index contributed by atoms with van der Waals surface area (Å²) >= 11 is 36.9. The van der Waals surface area contributed by atoms with Crippen molar-refractivity contribution in [2.45, 2.75) is 16.7 Å². The van der Waals surface area contributed by atoms with Crippen molar-refractivity contribution in [2.24, 2.45) is 5.92 Å². The van der Waals surface area contributed by atoms with Gasteiger partial charge in [0.2, 0.25) is 5.91 Å². The van der Waals surface area contributed by atoms with Crippen LogP contribution in [0.3, 0.4) is 0 Å². The lowest BCUT2D eigenvalue weighted by atomic mass is 10.0. The van der Waals surface area contributed by atoms with Crippen LogP contribution in [0.15, 0.2) is 60.7 Å². The highest BCUT2D eigenvalue weighted by Crippen LogP contribution is 2.65. The van der Waals surface area contributed by atoms with Crippen molar-refractivity contribution in [3.8, 4) is 0 Å². The standard InChI is InChI=1S/C24H15Cl5FNOS/c25-14-8-13(9-15(26)10-14)21-22(24(21,28)29)23(32)31-17-5-6-19(27)18(11-17)20(33)7-12-1-3-16(30)4-2-12/h1-6,8-11,21-22H,7H2,(H,31,32). The van der Waals surface area contributed by atoms with Crippen molar-refractivity contribution in [2.75, 3.05) is 5.32 Å². The number of carbonyl (C=O) groups excluding carboxylic acids is 1. The number of thiocarbonyl (C=S) groups is 1. The third kappa shape index (κ3) is 5.48. The van der Waals surface area contributed by atoms with Crippen molar-refractivity contribution in [3.05, 3.63) is 98.2 Å². The topological polar surface area (TPSA) is 29.1 Å². The minimum atomic E-state index is -1.29. The summed E-state index contributed by atoms with van der Waals surface area (Å²) in [4.78, 5) is 13.5. The molecule has 0 aromatic heterocycles. The first-order valence-corrected chi connectivity index (χ1v) is 12.1. The molecule has 0 spiro atoms. The molecule has 1 aliphatic rings. The van der Waals surface area contributed by atoms with E-state index in [1.807, 2.05) is 0 Å².